The zero-order chi connectivity index (χ0) is 11.9. The molecule has 0 aliphatic carbocycles. The van der Waals surface area contributed by atoms with Crippen molar-refractivity contribution in [2.75, 3.05) is 7.11 Å². The predicted molar refractivity (Wildman–Crippen MR) is 69.5 cm³/mol. The number of benzene rings is 2. The molecule has 2 rings (SSSR count). The summed E-state index contributed by atoms with van der Waals surface area (Å²) in [5.74, 6) is 0. The molecule has 0 amide bonds. The molecule has 0 saturated heterocycles. The summed E-state index contributed by atoms with van der Waals surface area (Å²) in [5, 5.41) is 3.38. The highest BCUT2D eigenvalue weighted by Gasteiger charge is 2.08. The van der Waals surface area contributed by atoms with E-state index in [-0.39, 0.29) is 6.23 Å². The highest BCUT2D eigenvalue weighted by atomic mass is 16.5. The van der Waals surface area contributed by atoms with Gasteiger partial charge in [-0.1, -0.05) is 60.7 Å². The minimum Gasteiger partial charge on any atom is -0.362 e. The van der Waals surface area contributed by atoms with Gasteiger partial charge in [-0.25, -0.2) is 0 Å². The van der Waals surface area contributed by atoms with Crippen LogP contribution in [-0.2, 0) is 11.3 Å². The average molecular weight is 227 g/mol. The second-order valence-corrected chi connectivity index (χ2v) is 3.89. The molecule has 0 bridgehead atoms. The molecule has 0 aromatic heterocycles. The van der Waals surface area contributed by atoms with E-state index in [2.05, 4.69) is 29.6 Å². The van der Waals surface area contributed by atoms with Crippen molar-refractivity contribution < 1.29 is 4.74 Å². The van der Waals surface area contributed by atoms with Crippen molar-refractivity contribution in [3.63, 3.8) is 0 Å². The van der Waals surface area contributed by atoms with Crippen molar-refractivity contribution in [3.05, 3.63) is 71.8 Å². The Labute approximate surface area is 102 Å². The van der Waals surface area contributed by atoms with Gasteiger partial charge in [0.15, 0.2) is 0 Å². The zero-order valence-electron chi connectivity index (χ0n) is 9.97. The van der Waals surface area contributed by atoms with Crippen LogP contribution < -0.4 is 5.32 Å². The van der Waals surface area contributed by atoms with Crippen molar-refractivity contribution in [1.29, 1.82) is 0 Å². The lowest BCUT2D eigenvalue weighted by Gasteiger charge is -2.17. The van der Waals surface area contributed by atoms with Crippen LogP contribution in [0, 0.1) is 0 Å². The maximum atomic E-state index is 5.45. The summed E-state index contributed by atoms with van der Waals surface area (Å²) in [6.07, 6.45) is -0.0589. The lowest BCUT2D eigenvalue weighted by atomic mass is 10.2. The summed E-state index contributed by atoms with van der Waals surface area (Å²) in [4.78, 5) is 0. The van der Waals surface area contributed by atoms with Crippen molar-refractivity contribution in [2.24, 2.45) is 0 Å². The minimum absolute atomic E-state index is 0.0589. The van der Waals surface area contributed by atoms with Crippen LogP contribution in [0.1, 0.15) is 17.4 Å². The van der Waals surface area contributed by atoms with E-state index in [1.807, 2.05) is 36.4 Å². The standard InChI is InChI=1S/C15H17NO/c1-17-15(14-10-6-3-7-11-14)16-12-13-8-4-2-5-9-13/h2-11,15-16H,12H2,1H3/t15-/m1/s1. The van der Waals surface area contributed by atoms with Crippen LogP contribution in [-0.4, -0.2) is 7.11 Å². The fraction of sp³-hybridized carbons (Fsp3) is 0.200. The van der Waals surface area contributed by atoms with E-state index in [1.165, 1.54) is 5.56 Å². The Bertz CT molecular complexity index is 427. The summed E-state index contributed by atoms with van der Waals surface area (Å²) in [7, 11) is 1.72. The highest BCUT2D eigenvalue weighted by molar-refractivity contribution is 5.18. The largest absolute Gasteiger partial charge is 0.362 e. The molecule has 2 nitrogen and oxygen atoms in total. The summed E-state index contributed by atoms with van der Waals surface area (Å²) in [6.45, 7) is 0.800. The van der Waals surface area contributed by atoms with Gasteiger partial charge >= 0.3 is 0 Å². The Balaban J connectivity index is 1.97. The van der Waals surface area contributed by atoms with E-state index in [9.17, 15) is 0 Å². The molecule has 0 heterocycles. The molecular weight excluding hydrogens is 210 g/mol. The number of nitrogens with one attached hydrogen (secondary N) is 1. The molecule has 1 atom stereocenters. The SMILES string of the molecule is CO[C@@H](NCc1ccccc1)c1ccccc1. The first-order valence-electron chi connectivity index (χ1n) is 5.75. The second-order valence-electron chi connectivity index (χ2n) is 3.89. The fourth-order valence-electron chi connectivity index (χ4n) is 1.77. The molecule has 2 heteroatoms. The van der Waals surface area contributed by atoms with E-state index >= 15 is 0 Å². The number of rotatable bonds is 5. The minimum atomic E-state index is -0.0589. The van der Waals surface area contributed by atoms with Gasteiger partial charge in [-0.05, 0) is 11.1 Å². The Morgan fingerprint density at radius 1 is 0.941 bits per heavy atom. The van der Waals surface area contributed by atoms with Crippen LogP contribution in [0.5, 0.6) is 0 Å². The lowest BCUT2D eigenvalue weighted by molar-refractivity contribution is 0.0721. The number of methoxy groups -OCH3 is 1. The molecule has 0 spiro atoms. The van der Waals surface area contributed by atoms with Gasteiger partial charge in [0.2, 0.25) is 0 Å². The molecule has 17 heavy (non-hydrogen) atoms. The average Bonchev–Trinajstić information content (AvgIpc) is 2.42. The number of hydrogen-bond acceptors (Lipinski definition) is 2. The third kappa shape index (κ3) is 3.41. The van der Waals surface area contributed by atoms with Gasteiger partial charge in [0.25, 0.3) is 0 Å². The third-order valence-corrected chi connectivity index (χ3v) is 2.67. The van der Waals surface area contributed by atoms with E-state index in [4.69, 9.17) is 4.74 Å². The van der Waals surface area contributed by atoms with E-state index in [0.717, 1.165) is 12.1 Å². The summed E-state index contributed by atoms with van der Waals surface area (Å²) in [6, 6.07) is 20.5. The molecule has 0 aliphatic rings. The van der Waals surface area contributed by atoms with Gasteiger partial charge in [-0.3, -0.25) is 5.32 Å². The van der Waals surface area contributed by atoms with Crippen LogP contribution in [0.25, 0.3) is 0 Å². The van der Waals surface area contributed by atoms with Gasteiger partial charge in [0.1, 0.15) is 6.23 Å². The molecule has 0 fully saturated rings. The number of ether oxygens (including phenoxy) is 1. The van der Waals surface area contributed by atoms with E-state index in [0.29, 0.717) is 0 Å². The predicted octanol–water partition coefficient (Wildman–Crippen LogP) is 3.12. The van der Waals surface area contributed by atoms with Crippen LogP contribution in [0.3, 0.4) is 0 Å². The highest BCUT2D eigenvalue weighted by Crippen LogP contribution is 2.13. The molecule has 0 saturated carbocycles. The summed E-state index contributed by atoms with van der Waals surface area (Å²) < 4.78 is 5.45. The monoisotopic (exact) mass is 227 g/mol. The molecule has 2 aromatic rings. The topological polar surface area (TPSA) is 21.3 Å². The van der Waals surface area contributed by atoms with Gasteiger partial charge in [-0.2, -0.15) is 0 Å². The first kappa shape index (κ1) is 11.8. The van der Waals surface area contributed by atoms with Crippen LogP contribution in [0.15, 0.2) is 60.7 Å². The molecule has 88 valence electrons. The molecule has 1 N–H and O–H groups in total. The Kier molecular flexibility index (Phi) is 4.30. The van der Waals surface area contributed by atoms with Gasteiger partial charge in [-0.15, -0.1) is 0 Å². The van der Waals surface area contributed by atoms with Crippen LogP contribution >= 0.6 is 0 Å². The van der Waals surface area contributed by atoms with Crippen molar-refractivity contribution in [3.8, 4) is 0 Å². The van der Waals surface area contributed by atoms with Crippen LogP contribution in [0.2, 0.25) is 0 Å². The Morgan fingerprint density at radius 3 is 2.12 bits per heavy atom. The van der Waals surface area contributed by atoms with Crippen molar-refractivity contribution in [2.45, 2.75) is 12.8 Å². The maximum absolute atomic E-state index is 5.45. The summed E-state index contributed by atoms with van der Waals surface area (Å²) in [5.41, 5.74) is 2.40. The smallest absolute Gasteiger partial charge is 0.134 e. The molecule has 0 aliphatic heterocycles. The normalized spacial score (nSPS) is 12.3. The molecule has 2 aromatic carbocycles. The third-order valence-electron chi connectivity index (χ3n) is 2.67. The summed E-state index contributed by atoms with van der Waals surface area (Å²) >= 11 is 0. The Morgan fingerprint density at radius 2 is 1.53 bits per heavy atom. The zero-order valence-corrected chi connectivity index (χ0v) is 9.97. The number of hydrogen-bond donors (Lipinski definition) is 1. The molecule has 0 unspecified atom stereocenters. The lowest BCUT2D eigenvalue weighted by Crippen LogP contribution is -2.22. The van der Waals surface area contributed by atoms with E-state index in [1.54, 1.807) is 7.11 Å². The van der Waals surface area contributed by atoms with E-state index < -0.39 is 0 Å². The van der Waals surface area contributed by atoms with Crippen molar-refractivity contribution >= 4 is 0 Å². The van der Waals surface area contributed by atoms with Crippen LogP contribution in [0.4, 0.5) is 0 Å². The van der Waals surface area contributed by atoms with Crippen molar-refractivity contribution in [1.82, 2.24) is 5.32 Å². The first-order valence-corrected chi connectivity index (χ1v) is 5.75. The maximum Gasteiger partial charge on any atom is 0.134 e. The first-order chi connectivity index (χ1) is 8.40. The molecule has 0 radical (unpaired) electrons. The molecular formula is C15H17NO. The van der Waals surface area contributed by atoms with Gasteiger partial charge < -0.3 is 4.74 Å². The quantitative estimate of drug-likeness (QED) is 0.792. The van der Waals surface area contributed by atoms with Gasteiger partial charge in [0.05, 0.1) is 0 Å². The fourth-order valence-corrected chi connectivity index (χ4v) is 1.77. The second kappa shape index (κ2) is 6.18. The van der Waals surface area contributed by atoms with Gasteiger partial charge in [0, 0.05) is 13.7 Å². The Hall–Kier alpha value is -1.64.